The van der Waals surface area contributed by atoms with Gasteiger partial charge in [0.2, 0.25) is 0 Å². The summed E-state index contributed by atoms with van der Waals surface area (Å²) in [4.78, 5) is 28.3. The first-order chi connectivity index (χ1) is 14.8. The summed E-state index contributed by atoms with van der Waals surface area (Å²) in [5.41, 5.74) is 3.55. The van der Waals surface area contributed by atoms with Crippen LogP contribution in [0.4, 0.5) is 0 Å². The van der Waals surface area contributed by atoms with Crippen LogP contribution in [0.3, 0.4) is 0 Å². The number of carbonyl (C=O) groups excluding carboxylic acids is 2. The Balaban J connectivity index is 1.68. The topological polar surface area (TPSA) is 34.1 Å². The monoisotopic (exact) mass is 468 g/mol. The van der Waals surface area contributed by atoms with Gasteiger partial charge in [-0.05, 0) is 36.8 Å². The first kappa shape index (κ1) is 21.7. The van der Waals surface area contributed by atoms with Gasteiger partial charge >= 0.3 is 0 Å². The average Bonchev–Trinajstić information content (AvgIpc) is 3.21. The van der Waals surface area contributed by atoms with E-state index >= 15 is 0 Å². The van der Waals surface area contributed by atoms with E-state index in [1.807, 2.05) is 36.4 Å². The lowest BCUT2D eigenvalue weighted by molar-refractivity contribution is 0.0870. The van der Waals surface area contributed by atoms with Gasteiger partial charge in [0.05, 0.1) is 0 Å². The molecule has 0 aromatic heterocycles. The lowest BCUT2D eigenvalue weighted by Gasteiger charge is -2.51. The predicted octanol–water partition coefficient (Wildman–Crippen LogP) is 7.22. The summed E-state index contributed by atoms with van der Waals surface area (Å²) in [5, 5.41) is 0. The van der Waals surface area contributed by atoms with Crippen LogP contribution in [0.25, 0.3) is 0 Å². The van der Waals surface area contributed by atoms with Crippen molar-refractivity contribution in [3.63, 3.8) is 0 Å². The number of thioether (sulfide) groups is 1. The van der Waals surface area contributed by atoms with E-state index in [-0.39, 0.29) is 22.4 Å². The molecule has 0 unspecified atom stereocenters. The summed E-state index contributed by atoms with van der Waals surface area (Å²) in [7, 11) is 3.36. The van der Waals surface area contributed by atoms with E-state index in [1.54, 1.807) is 33.3 Å². The number of hydrogen-bond donors (Lipinski definition) is 0. The highest BCUT2D eigenvalue weighted by Crippen LogP contribution is 2.78. The Morgan fingerprint density at radius 2 is 1.10 bits per heavy atom. The standard InChI is InChI=1S/C26H28O2S3/c1-5-23(3)15-17-11-7-9-13-19(17)21(27)25(23)29-26(31-30-25)22(28)20-14-10-8-12-18(20)16-24(26,4)6-2/h7-14H,5-6,15-16H2,1-4H3/t23-,24+,25+,26-. The van der Waals surface area contributed by atoms with Crippen LogP contribution < -0.4 is 0 Å². The molecule has 1 saturated heterocycles. The zero-order valence-corrected chi connectivity index (χ0v) is 20.9. The zero-order chi connectivity index (χ0) is 22.1. The van der Waals surface area contributed by atoms with E-state index in [9.17, 15) is 9.59 Å². The Bertz CT molecular complexity index is 1010. The van der Waals surface area contributed by atoms with Gasteiger partial charge in [-0.15, -0.1) is 11.8 Å². The third kappa shape index (κ3) is 2.69. The van der Waals surface area contributed by atoms with Crippen LogP contribution in [0.5, 0.6) is 0 Å². The number of Topliss-reactive ketones (excluding diaryl/α,β-unsaturated/α-hetero) is 2. The molecule has 0 amide bonds. The number of ketones is 2. The molecule has 2 aromatic carbocycles. The van der Waals surface area contributed by atoms with Gasteiger partial charge in [0.1, 0.15) is 8.16 Å². The van der Waals surface area contributed by atoms with E-state index in [0.29, 0.717) is 0 Å². The highest BCUT2D eigenvalue weighted by atomic mass is 33.1. The maximum absolute atomic E-state index is 14.1. The van der Waals surface area contributed by atoms with Gasteiger partial charge in [-0.25, -0.2) is 0 Å². The smallest absolute Gasteiger partial charge is 0.190 e. The minimum atomic E-state index is -0.654. The molecular weight excluding hydrogens is 440 g/mol. The highest BCUT2D eigenvalue weighted by molar-refractivity contribution is 8.84. The highest BCUT2D eigenvalue weighted by Gasteiger charge is 2.71. The molecule has 2 aliphatic carbocycles. The molecule has 2 spiro atoms. The van der Waals surface area contributed by atoms with E-state index < -0.39 is 8.16 Å². The molecule has 5 rings (SSSR count). The van der Waals surface area contributed by atoms with Crippen molar-refractivity contribution in [2.75, 3.05) is 0 Å². The Morgan fingerprint density at radius 3 is 1.48 bits per heavy atom. The number of hydrogen-bond acceptors (Lipinski definition) is 5. The van der Waals surface area contributed by atoms with Crippen molar-refractivity contribution >= 4 is 44.9 Å². The Hall–Kier alpha value is -1.17. The fraction of sp³-hybridized carbons (Fsp3) is 0.462. The molecule has 2 nitrogen and oxygen atoms in total. The van der Waals surface area contributed by atoms with Crippen molar-refractivity contribution < 1.29 is 9.59 Å². The summed E-state index contributed by atoms with van der Waals surface area (Å²) in [5.74, 6) is 0.395. The maximum atomic E-state index is 14.1. The summed E-state index contributed by atoms with van der Waals surface area (Å²) >= 11 is 1.69. The molecule has 4 atom stereocenters. The van der Waals surface area contributed by atoms with Gasteiger partial charge in [0.25, 0.3) is 0 Å². The molecule has 0 N–H and O–H groups in total. The Morgan fingerprint density at radius 1 is 0.710 bits per heavy atom. The molecule has 3 aliphatic rings. The molecule has 31 heavy (non-hydrogen) atoms. The summed E-state index contributed by atoms with van der Waals surface area (Å²) in [6.45, 7) is 8.89. The SMILES string of the molecule is CC[C@@]1(C)Cc2ccccc2C(=O)[C@@]12SS[C@@]1(S2)C(=O)c2ccccc2C[C@@]1(C)CC. The van der Waals surface area contributed by atoms with Crippen LogP contribution in [0.15, 0.2) is 48.5 Å². The van der Waals surface area contributed by atoms with Crippen molar-refractivity contribution in [1.29, 1.82) is 0 Å². The summed E-state index contributed by atoms with van der Waals surface area (Å²) < 4.78 is -1.31. The molecule has 1 aliphatic heterocycles. The molecule has 0 radical (unpaired) electrons. The van der Waals surface area contributed by atoms with Crippen molar-refractivity contribution in [2.45, 2.75) is 61.5 Å². The van der Waals surface area contributed by atoms with Crippen molar-refractivity contribution in [3.05, 3.63) is 70.8 Å². The molecule has 0 bridgehead atoms. The third-order valence-electron chi connectivity index (χ3n) is 8.00. The molecule has 1 fully saturated rings. The van der Waals surface area contributed by atoms with Crippen LogP contribution >= 0.6 is 33.3 Å². The molecule has 1 heterocycles. The molecule has 2 aromatic rings. The quantitative estimate of drug-likeness (QED) is 0.435. The lowest BCUT2D eigenvalue weighted by atomic mass is 9.69. The second-order valence-corrected chi connectivity index (χ2v) is 14.2. The molecule has 5 heteroatoms. The zero-order valence-electron chi connectivity index (χ0n) is 18.5. The molecular formula is C26H28O2S3. The van der Waals surface area contributed by atoms with Crippen LogP contribution in [0.2, 0.25) is 0 Å². The maximum Gasteiger partial charge on any atom is 0.190 e. The van der Waals surface area contributed by atoms with E-state index in [2.05, 4.69) is 39.8 Å². The minimum absolute atomic E-state index is 0.197. The normalized spacial score (nSPS) is 36.6. The van der Waals surface area contributed by atoms with Gasteiger partial charge in [0.15, 0.2) is 11.6 Å². The van der Waals surface area contributed by atoms with Crippen molar-refractivity contribution in [2.24, 2.45) is 10.8 Å². The van der Waals surface area contributed by atoms with Gasteiger partial charge in [-0.2, -0.15) is 0 Å². The fourth-order valence-corrected chi connectivity index (χ4v) is 13.4. The Kier molecular flexibility index (Phi) is 5.01. The molecule has 0 saturated carbocycles. The van der Waals surface area contributed by atoms with Gasteiger partial charge < -0.3 is 0 Å². The first-order valence-electron chi connectivity index (χ1n) is 11.1. The van der Waals surface area contributed by atoms with Gasteiger partial charge in [-0.1, -0.05) is 97.8 Å². The van der Waals surface area contributed by atoms with Crippen LogP contribution in [0.1, 0.15) is 72.4 Å². The van der Waals surface area contributed by atoms with Crippen molar-refractivity contribution in [3.8, 4) is 0 Å². The number of carbonyl (C=O) groups is 2. The van der Waals surface area contributed by atoms with E-state index in [0.717, 1.165) is 47.9 Å². The predicted molar refractivity (Wildman–Crippen MR) is 134 cm³/mol. The van der Waals surface area contributed by atoms with Crippen molar-refractivity contribution in [1.82, 2.24) is 0 Å². The van der Waals surface area contributed by atoms with E-state index in [1.165, 1.54) is 0 Å². The Labute approximate surface area is 197 Å². The average molecular weight is 469 g/mol. The lowest BCUT2D eigenvalue weighted by Crippen LogP contribution is -2.56. The first-order valence-corrected chi connectivity index (χ1v) is 14.0. The number of benzene rings is 2. The third-order valence-corrected chi connectivity index (χ3v) is 15.2. The van der Waals surface area contributed by atoms with Crippen LogP contribution in [-0.2, 0) is 12.8 Å². The second kappa shape index (κ2) is 7.16. The summed E-state index contributed by atoms with van der Waals surface area (Å²) in [6.07, 6.45) is 3.54. The largest absolute Gasteiger partial charge is 0.292 e. The fourth-order valence-electron chi connectivity index (χ4n) is 5.45. The van der Waals surface area contributed by atoms with Gasteiger partial charge in [0, 0.05) is 22.0 Å². The minimum Gasteiger partial charge on any atom is -0.292 e. The van der Waals surface area contributed by atoms with Crippen LogP contribution in [0, 0.1) is 10.8 Å². The second-order valence-electron chi connectivity index (χ2n) is 9.66. The van der Waals surface area contributed by atoms with Crippen LogP contribution in [-0.4, -0.2) is 19.7 Å². The van der Waals surface area contributed by atoms with E-state index in [4.69, 9.17) is 0 Å². The molecule has 162 valence electrons. The number of rotatable bonds is 2. The summed E-state index contributed by atoms with van der Waals surface area (Å²) in [6, 6.07) is 16.1. The van der Waals surface area contributed by atoms with Gasteiger partial charge in [-0.3, -0.25) is 9.59 Å². The number of fused-ring (bicyclic) bond motifs is 2.